The minimum absolute atomic E-state index is 0.0857. The number of aryl methyl sites for hydroxylation is 1. The lowest BCUT2D eigenvalue weighted by Crippen LogP contribution is -1.91. The van der Waals surface area contributed by atoms with E-state index >= 15 is 0 Å². The van der Waals surface area contributed by atoms with Crippen LogP contribution in [0, 0.1) is 14.9 Å². The van der Waals surface area contributed by atoms with Gasteiger partial charge in [-0.1, -0.05) is 11.6 Å². The van der Waals surface area contributed by atoms with Crippen LogP contribution in [0.3, 0.4) is 0 Å². The van der Waals surface area contributed by atoms with Crippen LogP contribution in [-0.2, 0) is 7.05 Å². The molecule has 0 saturated carbocycles. The molecular weight excluding hydrogens is 264 g/mol. The number of rotatable bonds is 2. The summed E-state index contributed by atoms with van der Waals surface area (Å²) in [5.74, 6) is 0.447. The maximum absolute atomic E-state index is 10.7. The second-order valence-electron chi connectivity index (χ2n) is 3.37. The van der Waals surface area contributed by atoms with Crippen molar-refractivity contribution >= 4 is 29.5 Å². The van der Waals surface area contributed by atoms with Crippen molar-refractivity contribution in [3.8, 4) is 11.4 Å². The molecule has 0 spiro atoms. The number of hydrogen-bond donors (Lipinski definition) is 1. The molecule has 6 nitrogen and oxygen atoms in total. The molecule has 0 aliphatic rings. The SMILES string of the molecule is Cn1[nH]c(-c2cc(Cl)cc([N+](=O)[O-])c2)nc1=S. The van der Waals surface area contributed by atoms with E-state index in [9.17, 15) is 10.1 Å². The number of non-ortho nitro benzene ring substituents is 1. The first-order chi connectivity index (χ1) is 7.97. The Hall–Kier alpha value is -1.73. The van der Waals surface area contributed by atoms with E-state index < -0.39 is 4.92 Å². The molecule has 1 heterocycles. The molecule has 0 amide bonds. The fraction of sp³-hybridized carbons (Fsp3) is 0.111. The third-order valence-corrected chi connectivity index (χ3v) is 2.72. The molecule has 0 saturated heterocycles. The van der Waals surface area contributed by atoms with Crippen LogP contribution in [0.1, 0.15) is 0 Å². The number of hydrogen-bond acceptors (Lipinski definition) is 4. The summed E-state index contributed by atoms with van der Waals surface area (Å²) in [5, 5.41) is 13.9. The number of halogens is 1. The van der Waals surface area contributed by atoms with Crippen LogP contribution in [0.5, 0.6) is 0 Å². The molecule has 1 aromatic carbocycles. The van der Waals surface area contributed by atoms with Gasteiger partial charge in [0.2, 0.25) is 4.77 Å². The Morgan fingerprint density at radius 2 is 2.24 bits per heavy atom. The standard InChI is InChI=1S/C9H7ClN4O2S/c1-13-9(17)11-8(12-13)5-2-6(10)4-7(3-5)14(15)16/h2-4H,1H3,(H,11,12,17). The van der Waals surface area contributed by atoms with Gasteiger partial charge in [-0.05, 0) is 18.3 Å². The molecule has 17 heavy (non-hydrogen) atoms. The summed E-state index contributed by atoms with van der Waals surface area (Å²) in [5.41, 5.74) is 0.438. The van der Waals surface area contributed by atoms with Crippen molar-refractivity contribution < 1.29 is 4.92 Å². The largest absolute Gasteiger partial charge is 0.279 e. The van der Waals surface area contributed by atoms with E-state index in [1.807, 2.05) is 0 Å². The lowest BCUT2D eigenvalue weighted by atomic mass is 10.2. The van der Waals surface area contributed by atoms with Gasteiger partial charge in [-0.3, -0.25) is 19.9 Å². The topological polar surface area (TPSA) is 76.8 Å². The average Bonchev–Trinajstić information content (AvgIpc) is 2.58. The minimum Gasteiger partial charge on any atom is -0.279 e. The normalized spacial score (nSPS) is 10.5. The molecule has 2 aromatic rings. The molecule has 0 atom stereocenters. The summed E-state index contributed by atoms with van der Waals surface area (Å²) in [6.45, 7) is 0. The van der Waals surface area contributed by atoms with Gasteiger partial charge in [0.05, 0.1) is 4.92 Å². The van der Waals surface area contributed by atoms with Gasteiger partial charge in [-0.25, -0.2) is 0 Å². The highest BCUT2D eigenvalue weighted by Crippen LogP contribution is 2.26. The molecule has 0 aliphatic carbocycles. The van der Waals surface area contributed by atoms with Crippen LogP contribution in [0.15, 0.2) is 18.2 Å². The van der Waals surface area contributed by atoms with Crippen molar-refractivity contribution in [3.63, 3.8) is 0 Å². The van der Waals surface area contributed by atoms with E-state index in [1.165, 1.54) is 16.8 Å². The summed E-state index contributed by atoms with van der Waals surface area (Å²) >= 11 is 10.8. The molecular formula is C9H7ClN4O2S. The number of aromatic amines is 1. The second-order valence-corrected chi connectivity index (χ2v) is 4.17. The zero-order valence-electron chi connectivity index (χ0n) is 8.68. The third kappa shape index (κ3) is 2.34. The van der Waals surface area contributed by atoms with Crippen LogP contribution in [0.4, 0.5) is 5.69 Å². The van der Waals surface area contributed by atoms with E-state index in [0.29, 0.717) is 16.2 Å². The number of aromatic nitrogens is 3. The summed E-state index contributed by atoms with van der Waals surface area (Å²) in [6.07, 6.45) is 0. The highest BCUT2D eigenvalue weighted by Gasteiger charge is 2.12. The van der Waals surface area contributed by atoms with Gasteiger partial charge in [0.1, 0.15) is 0 Å². The fourth-order valence-corrected chi connectivity index (χ4v) is 1.71. The second kappa shape index (κ2) is 4.27. The van der Waals surface area contributed by atoms with Crippen LogP contribution in [-0.4, -0.2) is 19.7 Å². The quantitative estimate of drug-likeness (QED) is 0.517. The molecule has 2 rings (SSSR count). The van der Waals surface area contributed by atoms with Crippen molar-refractivity contribution in [2.45, 2.75) is 0 Å². The molecule has 0 fully saturated rings. The monoisotopic (exact) mass is 270 g/mol. The number of benzene rings is 1. The van der Waals surface area contributed by atoms with Gasteiger partial charge in [0, 0.05) is 29.8 Å². The summed E-state index contributed by atoms with van der Waals surface area (Å²) < 4.78 is 1.90. The number of H-pyrrole nitrogens is 1. The summed E-state index contributed by atoms with van der Waals surface area (Å²) in [6, 6.07) is 4.25. The van der Waals surface area contributed by atoms with Crippen molar-refractivity contribution in [2.24, 2.45) is 7.05 Å². The Morgan fingerprint density at radius 3 is 2.76 bits per heavy atom. The number of nitro groups is 1. The van der Waals surface area contributed by atoms with Crippen molar-refractivity contribution in [1.29, 1.82) is 0 Å². The predicted octanol–water partition coefficient (Wildman–Crippen LogP) is 2.71. The summed E-state index contributed by atoms with van der Waals surface area (Å²) in [7, 11) is 1.71. The molecule has 88 valence electrons. The van der Waals surface area contributed by atoms with Gasteiger partial charge >= 0.3 is 0 Å². The van der Waals surface area contributed by atoms with Crippen molar-refractivity contribution in [2.75, 3.05) is 0 Å². The highest BCUT2D eigenvalue weighted by molar-refractivity contribution is 7.71. The average molecular weight is 271 g/mol. The van der Waals surface area contributed by atoms with Crippen LogP contribution < -0.4 is 0 Å². The van der Waals surface area contributed by atoms with Gasteiger partial charge in [0.15, 0.2) is 5.82 Å². The highest BCUT2D eigenvalue weighted by atomic mass is 35.5. The summed E-state index contributed by atoms with van der Waals surface area (Å²) in [4.78, 5) is 14.3. The maximum atomic E-state index is 10.7. The van der Waals surface area contributed by atoms with Gasteiger partial charge in [-0.15, -0.1) is 0 Å². The van der Waals surface area contributed by atoms with Gasteiger partial charge < -0.3 is 0 Å². The Morgan fingerprint density at radius 1 is 1.53 bits per heavy atom. The Balaban J connectivity index is 2.59. The van der Waals surface area contributed by atoms with Crippen LogP contribution >= 0.6 is 23.8 Å². The minimum atomic E-state index is -0.507. The first kappa shape index (κ1) is 11.7. The number of nitro benzene ring substituents is 1. The van der Waals surface area contributed by atoms with Crippen molar-refractivity contribution in [1.82, 2.24) is 14.8 Å². The zero-order valence-corrected chi connectivity index (χ0v) is 10.2. The molecule has 0 bridgehead atoms. The van der Waals surface area contributed by atoms with E-state index in [0.717, 1.165) is 0 Å². The van der Waals surface area contributed by atoms with Gasteiger partial charge in [0.25, 0.3) is 5.69 Å². The Labute approximate surface area is 106 Å². The fourth-order valence-electron chi connectivity index (χ4n) is 1.35. The lowest BCUT2D eigenvalue weighted by molar-refractivity contribution is -0.384. The maximum Gasteiger partial charge on any atom is 0.271 e. The molecule has 0 aliphatic heterocycles. The van der Waals surface area contributed by atoms with E-state index in [4.69, 9.17) is 23.8 Å². The third-order valence-electron chi connectivity index (χ3n) is 2.13. The Kier molecular flexibility index (Phi) is 2.95. The van der Waals surface area contributed by atoms with Crippen LogP contribution in [0.2, 0.25) is 5.02 Å². The number of nitrogens with zero attached hydrogens (tertiary/aromatic N) is 3. The molecule has 1 aromatic heterocycles. The smallest absolute Gasteiger partial charge is 0.271 e. The predicted molar refractivity (Wildman–Crippen MR) is 65.5 cm³/mol. The van der Waals surface area contributed by atoms with Crippen LogP contribution in [0.25, 0.3) is 11.4 Å². The lowest BCUT2D eigenvalue weighted by Gasteiger charge is -1.98. The first-order valence-electron chi connectivity index (χ1n) is 4.56. The van der Waals surface area contributed by atoms with E-state index in [2.05, 4.69) is 10.1 Å². The molecule has 1 N–H and O–H groups in total. The number of nitrogens with one attached hydrogen (secondary N) is 1. The molecule has 8 heteroatoms. The van der Waals surface area contributed by atoms with E-state index in [1.54, 1.807) is 13.1 Å². The zero-order chi connectivity index (χ0) is 12.6. The first-order valence-corrected chi connectivity index (χ1v) is 5.34. The van der Waals surface area contributed by atoms with Gasteiger partial charge in [-0.2, -0.15) is 4.98 Å². The Bertz CT molecular complexity index is 649. The van der Waals surface area contributed by atoms with Crippen molar-refractivity contribution in [3.05, 3.63) is 38.1 Å². The molecule has 0 radical (unpaired) electrons. The molecule has 0 unspecified atom stereocenters. The van der Waals surface area contributed by atoms with E-state index in [-0.39, 0.29) is 10.7 Å².